The molecule has 2 rings (SSSR count). The molecule has 6 heteroatoms. The van der Waals surface area contributed by atoms with Crippen molar-refractivity contribution < 1.29 is 8.42 Å². The Morgan fingerprint density at radius 3 is 2.43 bits per heavy atom. The highest BCUT2D eigenvalue weighted by atomic mass is 32.2. The Morgan fingerprint density at radius 1 is 1.05 bits per heavy atom. The van der Waals surface area contributed by atoms with Crippen molar-refractivity contribution in [2.24, 2.45) is 0 Å². The molecule has 104 valence electrons. The van der Waals surface area contributed by atoms with Crippen molar-refractivity contribution in [1.82, 2.24) is 0 Å². The van der Waals surface area contributed by atoms with Crippen molar-refractivity contribution >= 4 is 15.7 Å². The maximum absolute atomic E-state index is 12.4. The van der Waals surface area contributed by atoms with E-state index in [4.69, 9.17) is 10.5 Å². The number of nitrogens with zero attached hydrogens (tertiary/aromatic N) is 2. The highest BCUT2D eigenvalue weighted by Gasteiger charge is 2.18. The first-order valence-corrected chi connectivity index (χ1v) is 7.49. The summed E-state index contributed by atoms with van der Waals surface area (Å²) in [6, 6.07) is 14.6. The van der Waals surface area contributed by atoms with Gasteiger partial charge in [-0.3, -0.25) is 4.72 Å². The van der Waals surface area contributed by atoms with E-state index in [9.17, 15) is 8.42 Å². The third-order valence-corrected chi connectivity index (χ3v) is 4.41. The Balaban J connectivity index is 2.49. The molecule has 0 saturated heterocycles. The lowest BCUT2D eigenvalue weighted by Gasteiger charge is -2.11. The molecule has 5 nitrogen and oxygen atoms in total. The van der Waals surface area contributed by atoms with Crippen LogP contribution in [-0.2, 0) is 10.0 Å². The van der Waals surface area contributed by atoms with Crippen LogP contribution in [0.25, 0.3) is 0 Å². The minimum atomic E-state index is -3.86. The molecule has 0 unspecified atom stereocenters. The second-order valence-corrected chi connectivity index (χ2v) is 6.01. The van der Waals surface area contributed by atoms with Gasteiger partial charge in [0.05, 0.1) is 27.8 Å². The molecule has 2 aromatic rings. The minimum absolute atomic E-state index is 0.0225. The summed E-state index contributed by atoms with van der Waals surface area (Å²) in [5.41, 5.74) is 1.22. The Morgan fingerprint density at radius 2 is 1.76 bits per heavy atom. The molecule has 0 saturated carbocycles. The van der Waals surface area contributed by atoms with E-state index in [0.29, 0.717) is 5.56 Å². The number of hydrogen-bond donors (Lipinski definition) is 1. The molecule has 0 atom stereocenters. The molecule has 0 radical (unpaired) electrons. The highest BCUT2D eigenvalue weighted by molar-refractivity contribution is 7.92. The fraction of sp³-hybridized carbons (Fsp3) is 0.0667. The topological polar surface area (TPSA) is 93.8 Å². The van der Waals surface area contributed by atoms with Crippen molar-refractivity contribution in [3.8, 4) is 12.1 Å². The maximum Gasteiger partial charge on any atom is 0.262 e. The molecule has 0 aliphatic carbocycles. The van der Waals surface area contributed by atoms with Crippen LogP contribution < -0.4 is 4.72 Å². The summed E-state index contributed by atoms with van der Waals surface area (Å²) in [6.45, 7) is 1.64. The normalized spacial score (nSPS) is 10.4. The van der Waals surface area contributed by atoms with E-state index in [-0.39, 0.29) is 21.7 Å². The molecule has 0 fully saturated rings. The van der Waals surface area contributed by atoms with Crippen LogP contribution in [0.3, 0.4) is 0 Å². The summed E-state index contributed by atoms with van der Waals surface area (Å²) in [5, 5.41) is 17.9. The van der Waals surface area contributed by atoms with E-state index >= 15 is 0 Å². The zero-order chi connectivity index (χ0) is 15.5. The SMILES string of the molecule is Cc1ccc(C#N)cc1S(=O)(=O)Nc1ccccc1C#N. The monoisotopic (exact) mass is 297 g/mol. The predicted octanol–water partition coefficient (Wildman–Crippen LogP) is 2.54. The van der Waals surface area contributed by atoms with Crippen molar-refractivity contribution in [1.29, 1.82) is 10.5 Å². The molecule has 0 spiro atoms. The fourth-order valence-electron chi connectivity index (χ4n) is 1.83. The molecule has 0 aliphatic heterocycles. The zero-order valence-electron chi connectivity index (χ0n) is 11.2. The Bertz CT molecular complexity index is 875. The van der Waals surface area contributed by atoms with Gasteiger partial charge >= 0.3 is 0 Å². The van der Waals surface area contributed by atoms with Gasteiger partial charge in [0.2, 0.25) is 0 Å². The van der Waals surface area contributed by atoms with Gasteiger partial charge in [0, 0.05) is 0 Å². The van der Waals surface area contributed by atoms with Crippen molar-refractivity contribution in [2.75, 3.05) is 4.72 Å². The lowest BCUT2D eigenvalue weighted by Crippen LogP contribution is -2.15. The van der Waals surface area contributed by atoms with Crippen LogP contribution in [0, 0.1) is 29.6 Å². The molecule has 2 aromatic carbocycles. The number of anilines is 1. The second-order valence-electron chi connectivity index (χ2n) is 4.35. The van der Waals surface area contributed by atoms with Crippen LogP contribution in [0.5, 0.6) is 0 Å². The van der Waals surface area contributed by atoms with Crippen LogP contribution in [-0.4, -0.2) is 8.42 Å². The Hall–Kier alpha value is -2.83. The molecular formula is C15H11N3O2S. The summed E-state index contributed by atoms with van der Waals surface area (Å²) >= 11 is 0. The summed E-state index contributed by atoms with van der Waals surface area (Å²) in [6.07, 6.45) is 0. The highest BCUT2D eigenvalue weighted by Crippen LogP contribution is 2.22. The Kier molecular flexibility index (Phi) is 3.93. The van der Waals surface area contributed by atoms with Crippen LogP contribution in [0.4, 0.5) is 5.69 Å². The van der Waals surface area contributed by atoms with Crippen LogP contribution >= 0.6 is 0 Å². The summed E-state index contributed by atoms with van der Waals surface area (Å²) in [7, 11) is -3.86. The Labute approximate surface area is 123 Å². The molecule has 0 amide bonds. The molecule has 0 heterocycles. The number of aryl methyl sites for hydroxylation is 1. The zero-order valence-corrected chi connectivity index (χ0v) is 12.0. The van der Waals surface area contributed by atoms with Crippen LogP contribution in [0.15, 0.2) is 47.4 Å². The van der Waals surface area contributed by atoms with Gasteiger partial charge < -0.3 is 0 Å². The van der Waals surface area contributed by atoms with Crippen molar-refractivity contribution in [2.45, 2.75) is 11.8 Å². The summed E-state index contributed by atoms with van der Waals surface area (Å²) < 4.78 is 27.2. The smallest absolute Gasteiger partial charge is 0.262 e. The molecule has 21 heavy (non-hydrogen) atoms. The third kappa shape index (κ3) is 3.02. The number of para-hydroxylation sites is 1. The number of hydrogen-bond acceptors (Lipinski definition) is 4. The van der Waals surface area contributed by atoms with E-state index in [1.54, 1.807) is 31.2 Å². The van der Waals surface area contributed by atoms with E-state index < -0.39 is 10.0 Å². The van der Waals surface area contributed by atoms with Crippen LogP contribution in [0.2, 0.25) is 0 Å². The largest absolute Gasteiger partial charge is 0.278 e. The van der Waals surface area contributed by atoms with Crippen LogP contribution in [0.1, 0.15) is 16.7 Å². The summed E-state index contributed by atoms with van der Waals surface area (Å²) in [5.74, 6) is 0. The van der Waals surface area contributed by atoms with E-state index in [1.807, 2.05) is 12.1 Å². The number of sulfonamides is 1. The fourth-order valence-corrected chi connectivity index (χ4v) is 3.18. The average Bonchev–Trinajstić information content (AvgIpc) is 2.47. The van der Waals surface area contributed by atoms with Gasteiger partial charge in [-0.15, -0.1) is 0 Å². The average molecular weight is 297 g/mol. The lowest BCUT2D eigenvalue weighted by atomic mass is 10.2. The lowest BCUT2D eigenvalue weighted by molar-refractivity contribution is 0.600. The standard InChI is InChI=1S/C15H11N3O2S/c1-11-6-7-12(9-16)8-15(11)21(19,20)18-14-5-3-2-4-13(14)10-17/h2-8,18H,1H3. The quantitative estimate of drug-likeness (QED) is 0.942. The maximum atomic E-state index is 12.4. The van der Waals surface area contributed by atoms with Crippen molar-refractivity contribution in [3.63, 3.8) is 0 Å². The molecule has 0 aliphatic rings. The molecular weight excluding hydrogens is 286 g/mol. The van der Waals surface area contributed by atoms with E-state index in [0.717, 1.165) is 0 Å². The van der Waals surface area contributed by atoms with Gasteiger partial charge in [-0.05, 0) is 36.8 Å². The van der Waals surface area contributed by atoms with Gasteiger partial charge in [0.1, 0.15) is 6.07 Å². The predicted molar refractivity (Wildman–Crippen MR) is 77.9 cm³/mol. The molecule has 0 aromatic heterocycles. The number of rotatable bonds is 3. The minimum Gasteiger partial charge on any atom is -0.278 e. The van der Waals surface area contributed by atoms with Gasteiger partial charge in [-0.25, -0.2) is 8.42 Å². The molecule has 0 bridgehead atoms. The van der Waals surface area contributed by atoms with Gasteiger partial charge in [0.25, 0.3) is 10.0 Å². The first-order chi connectivity index (χ1) is 9.97. The van der Waals surface area contributed by atoms with Crippen molar-refractivity contribution in [3.05, 3.63) is 59.2 Å². The molecule has 1 N–H and O–H groups in total. The third-order valence-electron chi connectivity index (χ3n) is 2.90. The second kappa shape index (κ2) is 5.66. The van der Waals surface area contributed by atoms with E-state index in [1.165, 1.54) is 18.2 Å². The van der Waals surface area contributed by atoms with Gasteiger partial charge in [-0.2, -0.15) is 10.5 Å². The number of nitrogens with one attached hydrogen (secondary N) is 1. The summed E-state index contributed by atoms with van der Waals surface area (Å²) in [4.78, 5) is 0.0225. The van der Waals surface area contributed by atoms with Gasteiger partial charge in [-0.1, -0.05) is 18.2 Å². The first kappa shape index (κ1) is 14.6. The van der Waals surface area contributed by atoms with Gasteiger partial charge in [0.15, 0.2) is 0 Å². The van der Waals surface area contributed by atoms with E-state index in [2.05, 4.69) is 4.72 Å². The number of nitriles is 2. The first-order valence-electron chi connectivity index (χ1n) is 6.00. The number of benzene rings is 2.